The second kappa shape index (κ2) is 5.38. The van der Waals surface area contributed by atoms with Gasteiger partial charge in [-0.05, 0) is 30.7 Å². The van der Waals surface area contributed by atoms with Gasteiger partial charge in [0.15, 0.2) is 0 Å². The molecule has 1 aromatic heterocycles. The molecule has 90 valence electrons. The molecule has 0 saturated heterocycles. The minimum atomic E-state index is 0.684. The van der Waals surface area contributed by atoms with Gasteiger partial charge in [0.25, 0.3) is 0 Å². The third-order valence-corrected chi connectivity index (χ3v) is 3.48. The van der Waals surface area contributed by atoms with Crippen molar-refractivity contribution in [3.05, 3.63) is 39.3 Å². The first-order chi connectivity index (χ1) is 8.19. The molecule has 0 aliphatic heterocycles. The van der Waals surface area contributed by atoms with Gasteiger partial charge in [0.1, 0.15) is 15.1 Å². The van der Waals surface area contributed by atoms with Crippen LogP contribution in [0.5, 0.6) is 5.75 Å². The van der Waals surface area contributed by atoms with Crippen LogP contribution in [0.4, 0.5) is 5.69 Å². The first kappa shape index (κ1) is 12.2. The Morgan fingerprint density at radius 1 is 1.47 bits per heavy atom. The van der Waals surface area contributed by atoms with Crippen molar-refractivity contribution in [2.75, 3.05) is 12.4 Å². The average molecular weight is 269 g/mol. The Kier molecular flexibility index (Phi) is 3.86. The van der Waals surface area contributed by atoms with E-state index in [1.807, 2.05) is 25.1 Å². The fourth-order valence-electron chi connectivity index (χ4n) is 1.54. The molecule has 0 amide bonds. The van der Waals surface area contributed by atoms with E-state index in [0.717, 1.165) is 22.0 Å². The van der Waals surface area contributed by atoms with E-state index in [-0.39, 0.29) is 0 Å². The van der Waals surface area contributed by atoms with Gasteiger partial charge < -0.3 is 10.1 Å². The maximum Gasteiger partial charge on any atom is 0.121 e. The van der Waals surface area contributed by atoms with Crippen molar-refractivity contribution in [1.29, 1.82) is 0 Å². The maximum atomic E-state index is 5.82. The van der Waals surface area contributed by atoms with Crippen LogP contribution in [0.3, 0.4) is 0 Å². The molecule has 1 aromatic carbocycles. The van der Waals surface area contributed by atoms with Crippen molar-refractivity contribution in [2.45, 2.75) is 13.5 Å². The Morgan fingerprint density at radius 2 is 2.29 bits per heavy atom. The smallest absolute Gasteiger partial charge is 0.121 e. The van der Waals surface area contributed by atoms with Crippen LogP contribution in [0.25, 0.3) is 0 Å². The zero-order valence-corrected chi connectivity index (χ0v) is 11.2. The number of methoxy groups -OCH3 is 1. The molecule has 0 unspecified atom stereocenters. The minimum absolute atomic E-state index is 0.684. The van der Waals surface area contributed by atoms with Gasteiger partial charge >= 0.3 is 0 Å². The Morgan fingerprint density at radius 3 is 2.88 bits per heavy atom. The van der Waals surface area contributed by atoms with Gasteiger partial charge in [0.05, 0.1) is 19.9 Å². The summed E-state index contributed by atoms with van der Waals surface area (Å²) in [5, 5.41) is 4.28. The van der Waals surface area contributed by atoms with Gasteiger partial charge in [-0.2, -0.15) is 0 Å². The number of rotatable bonds is 4. The molecule has 2 rings (SSSR count). The Bertz CT molecular complexity index is 513. The van der Waals surface area contributed by atoms with Gasteiger partial charge in [-0.3, -0.25) is 0 Å². The summed E-state index contributed by atoms with van der Waals surface area (Å²) in [5.41, 5.74) is 2.16. The second-order valence-corrected chi connectivity index (χ2v) is 5.34. The first-order valence-electron chi connectivity index (χ1n) is 5.18. The summed E-state index contributed by atoms with van der Waals surface area (Å²) in [5.74, 6) is 0.896. The molecular formula is C12H13ClN2OS. The molecule has 1 heterocycles. The average Bonchev–Trinajstić information content (AvgIpc) is 2.73. The van der Waals surface area contributed by atoms with E-state index in [1.54, 1.807) is 13.3 Å². The third-order valence-electron chi connectivity index (χ3n) is 2.36. The molecular weight excluding hydrogens is 256 g/mol. The first-order valence-corrected chi connectivity index (χ1v) is 6.37. The number of benzene rings is 1. The second-order valence-electron chi connectivity index (χ2n) is 3.60. The van der Waals surface area contributed by atoms with Crippen molar-refractivity contribution < 1.29 is 4.74 Å². The zero-order chi connectivity index (χ0) is 12.3. The topological polar surface area (TPSA) is 34.1 Å². The number of aromatic nitrogens is 1. The maximum absolute atomic E-state index is 5.82. The third kappa shape index (κ3) is 3.11. The number of hydrogen-bond acceptors (Lipinski definition) is 4. The van der Waals surface area contributed by atoms with Crippen LogP contribution in [0.2, 0.25) is 4.34 Å². The lowest BCUT2D eigenvalue weighted by atomic mass is 10.2. The summed E-state index contributed by atoms with van der Waals surface area (Å²) in [6, 6.07) is 5.99. The van der Waals surface area contributed by atoms with E-state index >= 15 is 0 Å². The van der Waals surface area contributed by atoms with Crippen LogP contribution < -0.4 is 10.1 Å². The number of hydrogen-bond donors (Lipinski definition) is 1. The summed E-state index contributed by atoms with van der Waals surface area (Å²) in [6.07, 6.45) is 1.67. The lowest BCUT2D eigenvalue weighted by Crippen LogP contribution is -1.99. The zero-order valence-electron chi connectivity index (χ0n) is 9.66. The van der Waals surface area contributed by atoms with Crippen LogP contribution in [0.1, 0.15) is 10.6 Å². The fourth-order valence-corrected chi connectivity index (χ4v) is 2.43. The molecule has 3 nitrogen and oxygen atoms in total. The highest BCUT2D eigenvalue weighted by Gasteiger charge is 2.02. The Labute approximate surface area is 109 Å². The molecule has 0 radical (unpaired) electrons. The lowest BCUT2D eigenvalue weighted by Gasteiger charge is -2.08. The monoisotopic (exact) mass is 268 g/mol. The van der Waals surface area contributed by atoms with Crippen molar-refractivity contribution in [1.82, 2.24) is 4.98 Å². The largest absolute Gasteiger partial charge is 0.496 e. The number of nitrogens with one attached hydrogen (secondary N) is 1. The Balaban J connectivity index is 2.02. The van der Waals surface area contributed by atoms with Crippen molar-refractivity contribution in [3.63, 3.8) is 0 Å². The van der Waals surface area contributed by atoms with Gasteiger partial charge in [-0.15, -0.1) is 11.3 Å². The Hall–Kier alpha value is -1.26. The highest BCUT2D eigenvalue weighted by molar-refractivity contribution is 7.15. The molecule has 17 heavy (non-hydrogen) atoms. The number of ether oxygens (including phenoxy) is 1. The molecule has 0 aliphatic carbocycles. The molecule has 0 bridgehead atoms. The molecule has 0 fully saturated rings. The van der Waals surface area contributed by atoms with E-state index in [9.17, 15) is 0 Å². The van der Waals surface area contributed by atoms with Crippen LogP contribution in [-0.2, 0) is 6.54 Å². The summed E-state index contributed by atoms with van der Waals surface area (Å²) in [6.45, 7) is 2.70. The SMILES string of the molecule is COc1ccc(NCc2ncc(Cl)s2)cc1C. The normalized spacial score (nSPS) is 10.3. The number of anilines is 1. The molecule has 2 aromatic rings. The standard InChI is InChI=1S/C12H13ClN2OS/c1-8-5-9(3-4-10(8)16-2)14-7-12-15-6-11(13)17-12/h3-6,14H,7H2,1-2H3. The van der Waals surface area contributed by atoms with Crippen LogP contribution in [-0.4, -0.2) is 12.1 Å². The van der Waals surface area contributed by atoms with Crippen LogP contribution in [0.15, 0.2) is 24.4 Å². The fraction of sp³-hybridized carbons (Fsp3) is 0.250. The molecule has 1 N–H and O–H groups in total. The molecule has 0 aliphatic rings. The summed E-state index contributed by atoms with van der Waals surface area (Å²) in [4.78, 5) is 4.19. The van der Waals surface area contributed by atoms with E-state index in [0.29, 0.717) is 10.9 Å². The number of thiazole rings is 1. The quantitative estimate of drug-likeness (QED) is 0.918. The molecule has 0 saturated carbocycles. The number of aryl methyl sites for hydroxylation is 1. The predicted molar refractivity (Wildman–Crippen MR) is 72.2 cm³/mol. The number of halogens is 1. The van der Waals surface area contributed by atoms with Crippen LogP contribution >= 0.6 is 22.9 Å². The predicted octanol–water partition coefficient (Wildman–Crippen LogP) is 3.73. The lowest BCUT2D eigenvalue weighted by molar-refractivity contribution is 0.412. The van der Waals surface area contributed by atoms with Crippen molar-refractivity contribution in [3.8, 4) is 5.75 Å². The van der Waals surface area contributed by atoms with E-state index < -0.39 is 0 Å². The van der Waals surface area contributed by atoms with Crippen molar-refractivity contribution >= 4 is 28.6 Å². The molecule has 0 spiro atoms. The van der Waals surface area contributed by atoms with Crippen molar-refractivity contribution in [2.24, 2.45) is 0 Å². The summed E-state index contributed by atoms with van der Waals surface area (Å²) >= 11 is 7.30. The minimum Gasteiger partial charge on any atom is -0.496 e. The summed E-state index contributed by atoms with van der Waals surface area (Å²) in [7, 11) is 1.67. The van der Waals surface area contributed by atoms with Gasteiger partial charge in [-0.1, -0.05) is 11.6 Å². The highest BCUT2D eigenvalue weighted by Crippen LogP contribution is 2.23. The van der Waals surface area contributed by atoms with E-state index in [2.05, 4.69) is 10.3 Å². The van der Waals surface area contributed by atoms with E-state index in [1.165, 1.54) is 11.3 Å². The summed E-state index contributed by atoms with van der Waals surface area (Å²) < 4.78 is 5.93. The molecule has 5 heteroatoms. The molecule has 0 atom stereocenters. The van der Waals surface area contributed by atoms with Gasteiger partial charge in [0, 0.05) is 5.69 Å². The van der Waals surface area contributed by atoms with Gasteiger partial charge in [0.2, 0.25) is 0 Å². The van der Waals surface area contributed by atoms with E-state index in [4.69, 9.17) is 16.3 Å². The number of nitrogens with zero attached hydrogens (tertiary/aromatic N) is 1. The van der Waals surface area contributed by atoms with Gasteiger partial charge in [-0.25, -0.2) is 4.98 Å². The van der Waals surface area contributed by atoms with Crippen LogP contribution in [0, 0.1) is 6.92 Å². The highest BCUT2D eigenvalue weighted by atomic mass is 35.5.